The fourth-order valence-electron chi connectivity index (χ4n) is 2.36. The maximum Gasteiger partial charge on any atom is 0.336 e. The summed E-state index contributed by atoms with van der Waals surface area (Å²) in [5.74, 6) is -2.12. The number of carbonyl (C=O) groups is 3. The van der Waals surface area contributed by atoms with Crippen molar-refractivity contribution in [1.82, 2.24) is 10.6 Å². The van der Waals surface area contributed by atoms with Gasteiger partial charge in [-0.05, 0) is 12.0 Å². The molecule has 0 aliphatic carbocycles. The molecule has 2 amide bonds. The minimum Gasteiger partial charge on any atom is -0.479 e. The van der Waals surface area contributed by atoms with Gasteiger partial charge in [-0.25, -0.2) is 4.79 Å². The van der Waals surface area contributed by atoms with Gasteiger partial charge in [-0.2, -0.15) is 0 Å². The highest BCUT2D eigenvalue weighted by atomic mass is 16.6. The average molecular weight is 350 g/mol. The Balaban J connectivity index is 1.95. The number of aliphatic carboxylic acids is 1. The van der Waals surface area contributed by atoms with E-state index in [0.29, 0.717) is 26.0 Å². The highest BCUT2D eigenvalue weighted by Crippen LogP contribution is 2.22. The smallest absolute Gasteiger partial charge is 0.336 e. The third-order valence-corrected chi connectivity index (χ3v) is 3.73. The summed E-state index contributed by atoms with van der Waals surface area (Å²) in [5, 5.41) is 14.1. The summed E-state index contributed by atoms with van der Waals surface area (Å²) in [5.41, 5.74) is 0.881. The average Bonchev–Trinajstić information content (AvgIpc) is 3.40. The molecule has 8 heteroatoms. The Bertz CT molecular complexity index is 606. The van der Waals surface area contributed by atoms with Crippen LogP contribution in [-0.4, -0.2) is 61.4 Å². The number of methoxy groups -OCH3 is 1. The molecule has 0 bridgehead atoms. The van der Waals surface area contributed by atoms with E-state index in [1.54, 1.807) is 7.11 Å². The third kappa shape index (κ3) is 5.84. The van der Waals surface area contributed by atoms with Crippen LogP contribution in [0.25, 0.3) is 0 Å². The van der Waals surface area contributed by atoms with E-state index < -0.39 is 30.1 Å². The van der Waals surface area contributed by atoms with Crippen molar-refractivity contribution >= 4 is 17.8 Å². The first kappa shape index (κ1) is 18.9. The number of hydrogen-bond acceptors (Lipinski definition) is 5. The number of epoxide rings is 1. The maximum atomic E-state index is 12.4. The molecular weight excluding hydrogens is 328 g/mol. The van der Waals surface area contributed by atoms with E-state index >= 15 is 0 Å². The van der Waals surface area contributed by atoms with Crippen LogP contribution in [0.3, 0.4) is 0 Å². The Morgan fingerprint density at radius 3 is 2.56 bits per heavy atom. The summed E-state index contributed by atoms with van der Waals surface area (Å²) in [4.78, 5) is 35.3. The topological polar surface area (TPSA) is 117 Å². The molecule has 3 N–H and O–H groups in total. The van der Waals surface area contributed by atoms with Gasteiger partial charge in [0.15, 0.2) is 12.2 Å². The lowest BCUT2D eigenvalue weighted by molar-refractivity contribution is -0.138. The van der Waals surface area contributed by atoms with Crippen molar-refractivity contribution in [3.8, 4) is 0 Å². The minimum absolute atomic E-state index is 0.299. The number of rotatable bonds is 10. The molecule has 0 unspecified atom stereocenters. The van der Waals surface area contributed by atoms with Gasteiger partial charge in [-0.1, -0.05) is 30.3 Å². The molecule has 0 saturated carbocycles. The van der Waals surface area contributed by atoms with Crippen molar-refractivity contribution in [2.75, 3.05) is 20.3 Å². The number of carboxylic acids is 1. The Morgan fingerprint density at radius 1 is 1.24 bits per heavy atom. The van der Waals surface area contributed by atoms with Gasteiger partial charge in [0.05, 0.1) is 0 Å². The van der Waals surface area contributed by atoms with Crippen LogP contribution in [0.5, 0.6) is 0 Å². The van der Waals surface area contributed by atoms with Crippen molar-refractivity contribution in [2.24, 2.45) is 0 Å². The fourth-order valence-corrected chi connectivity index (χ4v) is 2.36. The second-order valence-corrected chi connectivity index (χ2v) is 5.70. The molecule has 3 atom stereocenters. The maximum absolute atomic E-state index is 12.4. The van der Waals surface area contributed by atoms with E-state index in [1.807, 2.05) is 30.3 Å². The summed E-state index contributed by atoms with van der Waals surface area (Å²) >= 11 is 0. The molecule has 25 heavy (non-hydrogen) atoms. The monoisotopic (exact) mass is 350 g/mol. The van der Waals surface area contributed by atoms with Crippen molar-refractivity contribution in [3.63, 3.8) is 0 Å². The first-order valence-corrected chi connectivity index (χ1v) is 8.02. The summed E-state index contributed by atoms with van der Waals surface area (Å²) in [7, 11) is 1.58. The SMILES string of the molecule is COCCCNC(=O)[C@H](Cc1ccccc1)NC(=O)[C@H]1O[C@@H]1C(=O)O. The number of hydrogen-bond donors (Lipinski definition) is 3. The van der Waals surface area contributed by atoms with Crippen LogP contribution >= 0.6 is 0 Å². The first-order valence-electron chi connectivity index (χ1n) is 8.02. The number of ether oxygens (including phenoxy) is 2. The fraction of sp³-hybridized carbons (Fsp3) is 0.471. The molecule has 0 radical (unpaired) electrons. The summed E-state index contributed by atoms with van der Waals surface area (Å²) in [6, 6.07) is 8.44. The largest absolute Gasteiger partial charge is 0.479 e. The van der Waals surface area contributed by atoms with Gasteiger partial charge in [0.25, 0.3) is 5.91 Å². The first-order chi connectivity index (χ1) is 12.0. The molecule has 1 fully saturated rings. The van der Waals surface area contributed by atoms with Crippen LogP contribution in [0.2, 0.25) is 0 Å². The summed E-state index contributed by atoms with van der Waals surface area (Å²) < 4.78 is 9.75. The van der Waals surface area contributed by atoms with E-state index in [0.717, 1.165) is 5.56 Å². The quantitative estimate of drug-likeness (QED) is 0.395. The molecule has 2 rings (SSSR count). The molecule has 8 nitrogen and oxygen atoms in total. The van der Waals surface area contributed by atoms with Gasteiger partial charge in [-0.15, -0.1) is 0 Å². The number of carboxylic acid groups (broad SMARTS) is 1. The van der Waals surface area contributed by atoms with Crippen molar-refractivity contribution in [2.45, 2.75) is 31.1 Å². The number of benzene rings is 1. The van der Waals surface area contributed by atoms with Crippen molar-refractivity contribution in [3.05, 3.63) is 35.9 Å². The number of amides is 2. The number of carbonyl (C=O) groups excluding carboxylic acids is 2. The van der Waals surface area contributed by atoms with E-state index in [1.165, 1.54) is 0 Å². The Kier molecular flexibility index (Phi) is 6.91. The standard InChI is InChI=1S/C17H22N2O6/c1-24-9-5-8-18-15(20)12(10-11-6-3-2-4-7-11)19-16(21)13-14(25-13)17(22)23/h2-4,6-7,12-14H,5,8-10H2,1H3,(H,18,20)(H,19,21)(H,22,23)/t12-,13-,14-/m0/s1. The van der Waals surface area contributed by atoms with Gasteiger partial charge in [-0.3, -0.25) is 9.59 Å². The van der Waals surface area contributed by atoms with Crippen LogP contribution in [0.15, 0.2) is 30.3 Å². The molecule has 1 aromatic carbocycles. The summed E-state index contributed by atoms with van der Waals surface area (Å²) in [6.45, 7) is 0.942. The van der Waals surface area contributed by atoms with Gasteiger partial charge < -0.3 is 25.2 Å². The lowest BCUT2D eigenvalue weighted by atomic mass is 10.0. The van der Waals surface area contributed by atoms with Crippen LogP contribution in [0, 0.1) is 0 Å². The highest BCUT2D eigenvalue weighted by molar-refractivity contribution is 5.95. The molecule has 136 valence electrons. The third-order valence-electron chi connectivity index (χ3n) is 3.73. The zero-order chi connectivity index (χ0) is 18.2. The molecule has 0 spiro atoms. The Morgan fingerprint density at radius 2 is 1.96 bits per heavy atom. The minimum atomic E-state index is -1.19. The molecule has 1 aromatic rings. The molecule has 1 saturated heterocycles. The van der Waals surface area contributed by atoms with Crippen molar-refractivity contribution in [1.29, 1.82) is 0 Å². The van der Waals surface area contributed by atoms with Gasteiger partial charge in [0.1, 0.15) is 6.04 Å². The normalized spacial score (nSPS) is 19.7. The van der Waals surface area contributed by atoms with E-state index in [9.17, 15) is 14.4 Å². The second-order valence-electron chi connectivity index (χ2n) is 5.70. The van der Waals surface area contributed by atoms with Gasteiger partial charge >= 0.3 is 5.97 Å². The lowest BCUT2D eigenvalue weighted by Gasteiger charge is -2.18. The predicted octanol–water partition coefficient (Wildman–Crippen LogP) is -0.281. The van der Waals surface area contributed by atoms with E-state index in [2.05, 4.69) is 10.6 Å². The Hall–Kier alpha value is -2.45. The summed E-state index contributed by atoms with van der Waals surface area (Å²) in [6.07, 6.45) is -1.23. The van der Waals surface area contributed by atoms with Crippen LogP contribution in [0.4, 0.5) is 0 Å². The van der Waals surface area contributed by atoms with Crippen LogP contribution in [0.1, 0.15) is 12.0 Å². The van der Waals surface area contributed by atoms with Crippen LogP contribution in [-0.2, 0) is 30.3 Å². The van der Waals surface area contributed by atoms with E-state index in [4.69, 9.17) is 14.6 Å². The van der Waals surface area contributed by atoms with Crippen molar-refractivity contribution < 1.29 is 29.0 Å². The molecule has 1 aliphatic rings. The predicted molar refractivity (Wildman–Crippen MR) is 87.9 cm³/mol. The second kappa shape index (κ2) is 9.14. The lowest BCUT2D eigenvalue weighted by Crippen LogP contribution is -2.49. The number of nitrogens with one attached hydrogen (secondary N) is 2. The van der Waals surface area contributed by atoms with E-state index in [-0.39, 0.29) is 5.91 Å². The molecule has 1 aliphatic heterocycles. The molecule has 1 heterocycles. The van der Waals surface area contributed by atoms with Gasteiger partial charge in [0, 0.05) is 26.7 Å². The van der Waals surface area contributed by atoms with Crippen LogP contribution < -0.4 is 10.6 Å². The zero-order valence-electron chi connectivity index (χ0n) is 13.9. The molecular formula is C17H22N2O6. The van der Waals surface area contributed by atoms with Gasteiger partial charge in [0.2, 0.25) is 5.91 Å². The molecule has 0 aromatic heterocycles. The Labute approximate surface area is 145 Å². The highest BCUT2D eigenvalue weighted by Gasteiger charge is 2.51. The zero-order valence-corrected chi connectivity index (χ0v) is 13.9.